The maximum Gasteiger partial charge on any atom is 0.0930 e. The lowest BCUT2D eigenvalue weighted by atomic mass is 10.1. The van der Waals surface area contributed by atoms with Crippen molar-refractivity contribution in [1.29, 1.82) is 0 Å². The molecule has 0 saturated heterocycles. The van der Waals surface area contributed by atoms with Crippen molar-refractivity contribution in [2.45, 2.75) is 64.9 Å². The standard InChI is InChI=1S/C10H21O/c1-3-5-7-9-10(11)8-6-4-2/h10H,3-9H2,1-2H3. The summed E-state index contributed by atoms with van der Waals surface area (Å²) < 4.78 is 0. The van der Waals surface area contributed by atoms with Gasteiger partial charge in [-0.3, -0.25) is 0 Å². The highest BCUT2D eigenvalue weighted by Crippen LogP contribution is 2.09. The van der Waals surface area contributed by atoms with Crippen LogP contribution in [0.2, 0.25) is 0 Å². The highest BCUT2D eigenvalue weighted by atomic mass is 16.3. The van der Waals surface area contributed by atoms with E-state index in [9.17, 15) is 5.11 Å². The third-order valence-electron chi connectivity index (χ3n) is 2.01. The smallest absolute Gasteiger partial charge is 0.0930 e. The molecule has 0 heterocycles. The maximum atomic E-state index is 11.2. The van der Waals surface area contributed by atoms with Crippen LogP contribution in [0.1, 0.15) is 58.8 Å². The predicted molar refractivity (Wildman–Crippen MR) is 48.1 cm³/mol. The molecule has 0 rings (SSSR count). The van der Waals surface area contributed by atoms with Gasteiger partial charge in [0.05, 0.1) is 6.10 Å². The maximum absolute atomic E-state index is 11.2. The topological polar surface area (TPSA) is 19.9 Å². The van der Waals surface area contributed by atoms with E-state index in [0.29, 0.717) is 0 Å². The summed E-state index contributed by atoms with van der Waals surface area (Å²) in [6.45, 7) is 4.31. The van der Waals surface area contributed by atoms with E-state index in [1.54, 1.807) is 0 Å². The molecule has 0 spiro atoms. The van der Waals surface area contributed by atoms with Gasteiger partial charge in [-0.2, -0.15) is 0 Å². The minimum atomic E-state index is -0.276. The number of hydrogen-bond donors (Lipinski definition) is 0. The minimum Gasteiger partial charge on any atom is -0.233 e. The Morgan fingerprint density at radius 3 is 2.00 bits per heavy atom. The summed E-state index contributed by atoms with van der Waals surface area (Å²) in [6.07, 6.45) is 7.36. The van der Waals surface area contributed by atoms with Crippen molar-refractivity contribution in [3.63, 3.8) is 0 Å². The normalized spacial score (nSPS) is 13.4. The van der Waals surface area contributed by atoms with E-state index in [1.165, 1.54) is 12.8 Å². The predicted octanol–water partition coefficient (Wildman–Crippen LogP) is 3.56. The van der Waals surface area contributed by atoms with Crippen LogP contribution in [0.4, 0.5) is 0 Å². The third-order valence-corrected chi connectivity index (χ3v) is 2.01. The first kappa shape index (κ1) is 11.0. The molecular weight excluding hydrogens is 136 g/mol. The molecule has 0 N–H and O–H groups in total. The van der Waals surface area contributed by atoms with E-state index in [1.807, 2.05) is 0 Å². The first-order valence-electron chi connectivity index (χ1n) is 4.97. The average molecular weight is 157 g/mol. The Hall–Kier alpha value is -0.0400. The van der Waals surface area contributed by atoms with Crippen molar-refractivity contribution < 1.29 is 5.11 Å². The Bertz CT molecular complexity index is 71.3. The first-order valence-corrected chi connectivity index (χ1v) is 4.97. The fourth-order valence-corrected chi connectivity index (χ4v) is 1.20. The highest BCUT2D eigenvalue weighted by molar-refractivity contribution is 4.54. The molecule has 67 valence electrons. The molecule has 0 aliphatic rings. The van der Waals surface area contributed by atoms with Crippen LogP contribution in [0.15, 0.2) is 0 Å². The summed E-state index contributed by atoms with van der Waals surface area (Å²) in [7, 11) is 0. The van der Waals surface area contributed by atoms with Crippen LogP contribution < -0.4 is 0 Å². The Balaban J connectivity index is 3.02. The van der Waals surface area contributed by atoms with Crippen LogP contribution in [0, 0.1) is 0 Å². The summed E-state index contributed by atoms with van der Waals surface area (Å²) in [5.74, 6) is 0. The van der Waals surface area contributed by atoms with Gasteiger partial charge in [0, 0.05) is 0 Å². The van der Waals surface area contributed by atoms with Crippen molar-refractivity contribution in [3.05, 3.63) is 0 Å². The molecule has 1 atom stereocenters. The highest BCUT2D eigenvalue weighted by Gasteiger charge is 2.03. The molecule has 0 aromatic heterocycles. The van der Waals surface area contributed by atoms with Gasteiger partial charge in [-0.15, -0.1) is 0 Å². The SMILES string of the molecule is CCCCCC([O])CCCC. The van der Waals surface area contributed by atoms with E-state index in [-0.39, 0.29) is 6.10 Å². The zero-order valence-corrected chi connectivity index (χ0v) is 7.94. The molecule has 1 unspecified atom stereocenters. The lowest BCUT2D eigenvalue weighted by Gasteiger charge is -2.05. The van der Waals surface area contributed by atoms with Crippen molar-refractivity contribution in [1.82, 2.24) is 0 Å². The van der Waals surface area contributed by atoms with E-state index < -0.39 is 0 Å². The Morgan fingerprint density at radius 2 is 1.45 bits per heavy atom. The van der Waals surface area contributed by atoms with Gasteiger partial charge in [0.1, 0.15) is 0 Å². The molecule has 1 heteroatoms. The van der Waals surface area contributed by atoms with Gasteiger partial charge in [0.2, 0.25) is 0 Å². The molecule has 0 aliphatic heterocycles. The van der Waals surface area contributed by atoms with Crippen LogP contribution in [-0.2, 0) is 5.11 Å². The molecule has 1 radical (unpaired) electrons. The first-order chi connectivity index (χ1) is 5.31. The van der Waals surface area contributed by atoms with E-state index in [2.05, 4.69) is 13.8 Å². The van der Waals surface area contributed by atoms with Crippen LogP contribution in [0.25, 0.3) is 0 Å². The number of hydrogen-bond acceptors (Lipinski definition) is 0. The largest absolute Gasteiger partial charge is 0.233 e. The van der Waals surface area contributed by atoms with E-state index >= 15 is 0 Å². The molecular formula is C10H21O. The van der Waals surface area contributed by atoms with Gasteiger partial charge in [-0.1, -0.05) is 46.0 Å². The fourth-order valence-electron chi connectivity index (χ4n) is 1.20. The minimum absolute atomic E-state index is 0.276. The lowest BCUT2D eigenvalue weighted by Crippen LogP contribution is -2.03. The van der Waals surface area contributed by atoms with Gasteiger partial charge in [0.15, 0.2) is 0 Å². The second-order valence-corrected chi connectivity index (χ2v) is 3.26. The van der Waals surface area contributed by atoms with E-state index in [0.717, 1.165) is 32.1 Å². The second-order valence-electron chi connectivity index (χ2n) is 3.26. The van der Waals surface area contributed by atoms with Gasteiger partial charge in [0.25, 0.3) is 0 Å². The van der Waals surface area contributed by atoms with Gasteiger partial charge in [-0.05, 0) is 12.8 Å². The van der Waals surface area contributed by atoms with Crippen LogP contribution in [0.5, 0.6) is 0 Å². The number of rotatable bonds is 7. The molecule has 0 fully saturated rings. The van der Waals surface area contributed by atoms with Crippen molar-refractivity contribution in [3.8, 4) is 0 Å². The molecule has 1 nitrogen and oxygen atoms in total. The summed E-state index contributed by atoms with van der Waals surface area (Å²) in [6, 6.07) is 0. The number of unbranched alkanes of at least 4 members (excludes halogenated alkanes) is 3. The quantitative estimate of drug-likeness (QED) is 0.504. The fraction of sp³-hybridized carbons (Fsp3) is 1.00. The Morgan fingerprint density at radius 1 is 0.909 bits per heavy atom. The average Bonchev–Trinajstić information content (AvgIpc) is 2.01. The Kier molecular flexibility index (Phi) is 8.03. The van der Waals surface area contributed by atoms with Gasteiger partial charge < -0.3 is 0 Å². The van der Waals surface area contributed by atoms with Crippen LogP contribution >= 0.6 is 0 Å². The molecule has 0 bridgehead atoms. The molecule has 11 heavy (non-hydrogen) atoms. The molecule has 0 aromatic carbocycles. The Labute approximate surface area is 70.8 Å². The van der Waals surface area contributed by atoms with Crippen molar-refractivity contribution in [2.24, 2.45) is 0 Å². The molecule has 0 amide bonds. The zero-order valence-electron chi connectivity index (χ0n) is 7.94. The lowest BCUT2D eigenvalue weighted by molar-refractivity contribution is 0.0694. The van der Waals surface area contributed by atoms with Gasteiger partial charge >= 0.3 is 0 Å². The van der Waals surface area contributed by atoms with Crippen LogP contribution in [-0.4, -0.2) is 6.10 Å². The van der Waals surface area contributed by atoms with Crippen molar-refractivity contribution in [2.75, 3.05) is 0 Å². The molecule has 0 aliphatic carbocycles. The monoisotopic (exact) mass is 157 g/mol. The zero-order chi connectivity index (χ0) is 8.53. The molecule has 0 aromatic rings. The second kappa shape index (κ2) is 8.06. The van der Waals surface area contributed by atoms with Crippen molar-refractivity contribution >= 4 is 0 Å². The molecule has 0 saturated carbocycles. The summed E-state index contributed by atoms with van der Waals surface area (Å²) in [5, 5.41) is 11.2. The summed E-state index contributed by atoms with van der Waals surface area (Å²) in [5.41, 5.74) is 0. The third kappa shape index (κ3) is 7.86. The van der Waals surface area contributed by atoms with Gasteiger partial charge in [-0.25, -0.2) is 5.11 Å². The summed E-state index contributed by atoms with van der Waals surface area (Å²) >= 11 is 0. The summed E-state index contributed by atoms with van der Waals surface area (Å²) in [4.78, 5) is 0. The van der Waals surface area contributed by atoms with E-state index in [4.69, 9.17) is 0 Å². The van der Waals surface area contributed by atoms with Crippen LogP contribution in [0.3, 0.4) is 0 Å².